The van der Waals surface area contributed by atoms with Crippen molar-refractivity contribution < 1.29 is 4.74 Å². The first-order valence-electron chi connectivity index (χ1n) is 6.25. The lowest BCUT2D eigenvalue weighted by Crippen LogP contribution is -1.93. The van der Waals surface area contributed by atoms with Crippen LogP contribution >= 0.6 is 39.1 Å². The fraction of sp³-hybridized carbons (Fsp3) is 0.0625. The normalized spacial score (nSPS) is 10.8. The van der Waals surface area contributed by atoms with Gasteiger partial charge in [0.25, 0.3) is 0 Å². The number of hydrogen-bond donors (Lipinski definition) is 0. The smallest absolute Gasteiger partial charge is 0.220 e. The number of alkyl halides is 1. The summed E-state index contributed by atoms with van der Waals surface area (Å²) in [6, 6.07) is 15.1. The van der Waals surface area contributed by atoms with Gasteiger partial charge in [0, 0.05) is 21.8 Å². The zero-order valence-electron chi connectivity index (χ0n) is 10.8. The van der Waals surface area contributed by atoms with Gasteiger partial charge in [-0.05, 0) is 29.8 Å². The maximum Gasteiger partial charge on any atom is 0.220 e. The average Bonchev–Trinajstić information content (AvgIpc) is 2.49. The highest BCUT2D eigenvalue weighted by molar-refractivity contribution is 9.10. The van der Waals surface area contributed by atoms with Crippen molar-refractivity contribution >= 4 is 50.0 Å². The van der Waals surface area contributed by atoms with Crippen LogP contribution in [0.25, 0.3) is 10.9 Å². The van der Waals surface area contributed by atoms with Crippen LogP contribution in [0.15, 0.2) is 53.0 Å². The van der Waals surface area contributed by atoms with Gasteiger partial charge in [0.15, 0.2) is 0 Å². The molecule has 5 heteroatoms. The molecule has 0 N–H and O–H groups in total. The summed E-state index contributed by atoms with van der Waals surface area (Å²) in [6.45, 7) is 0. The lowest BCUT2D eigenvalue weighted by Gasteiger charge is -2.10. The summed E-state index contributed by atoms with van der Waals surface area (Å²) >= 11 is 15.5. The molecule has 0 atom stereocenters. The van der Waals surface area contributed by atoms with Crippen molar-refractivity contribution in [3.8, 4) is 11.6 Å². The maximum atomic E-state index is 6.16. The summed E-state index contributed by atoms with van der Waals surface area (Å²) in [7, 11) is 0. The predicted octanol–water partition coefficient (Wildman–Crippen LogP) is 6.18. The summed E-state index contributed by atoms with van der Waals surface area (Å²) < 4.78 is 6.69. The third-order valence-electron chi connectivity index (χ3n) is 3.03. The molecule has 0 unspecified atom stereocenters. The molecular formula is C16H10BrCl2NO. The fourth-order valence-electron chi connectivity index (χ4n) is 2.05. The van der Waals surface area contributed by atoms with Crippen molar-refractivity contribution in [1.29, 1.82) is 0 Å². The molecule has 0 radical (unpaired) electrons. The monoisotopic (exact) mass is 381 g/mol. The van der Waals surface area contributed by atoms with E-state index in [4.69, 9.17) is 27.9 Å². The van der Waals surface area contributed by atoms with Gasteiger partial charge in [0.1, 0.15) is 5.75 Å². The number of ether oxygens (including phenoxy) is 1. The van der Waals surface area contributed by atoms with Gasteiger partial charge >= 0.3 is 0 Å². The van der Waals surface area contributed by atoms with E-state index in [1.54, 1.807) is 12.1 Å². The minimum absolute atomic E-state index is 0.396. The standard InChI is InChI=1S/C16H10BrCl2NO/c17-11-5-6-15(13(19)8-11)21-16-7-10(9-18)12-3-1-2-4-14(12)20-16/h1-8H,9H2. The van der Waals surface area contributed by atoms with Gasteiger partial charge < -0.3 is 4.74 Å². The summed E-state index contributed by atoms with van der Waals surface area (Å²) in [5, 5.41) is 1.55. The van der Waals surface area contributed by atoms with Crippen LogP contribution in [0.3, 0.4) is 0 Å². The van der Waals surface area contributed by atoms with Gasteiger partial charge in [-0.25, -0.2) is 4.98 Å². The second-order valence-electron chi connectivity index (χ2n) is 4.45. The van der Waals surface area contributed by atoms with Crippen molar-refractivity contribution in [2.24, 2.45) is 0 Å². The van der Waals surface area contributed by atoms with Crippen molar-refractivity contribution in [3.63, 3.8) is 0 Å². The molecule has 1 aromatic heterocycles. The van der Waals surface area contributed by atoms with Gasteiger partial charge in [-0.2, -0.15) is 0 Å². The number of fused-ring (bicyclic) bond motifs is 1. The number of para-hydroxylation sites is 1. The van der Waals surface area contributed by atoms with Crippen LogP contribution in [0.1, 0.15) is 5.56 Å². The molecule has 0 saturated heterocycles. The minimum atomic E-state index is 0.396. The summed E-state index contributed by atoms with van der Waals surface area (Å²) in [5.41, 5.74) is 1.82. The molecule has 2 aromatic carbocycles. The molecule has 21 heavy (non-hydrogen) atoms. The van der Waals surface area contributed by atoms with E-state index in [2.05, 4.69) is 20.9 Å². The van der Waals surface area contributed by atoms with Crippen molar-refractivity contribution in [2.75, 3.05) is 0 Å². The second-order valence-corrected chi connectivity index (χ2v) is 6.04. The summed E-state index contributed by atoms with van der Waals surface area (Å²) in [6.07, 6.45) is 0. The molecule has 0 amide bonds. The number of hydrogen-bond acceptors (Lipinski definition) is 2. The molecule has 3 rings (SSSR count). The highest BCUT2D eigenvalue weighted by atomic mass is 79.9. The number of halogens is 3. The van der Waals surface area contributed by atoms with E-state index >= 15 is 0 Å². The van der Waals surface area contributed by atoms with Gasteiger partial charge in [0.05, 0.1) is 10.5 Å². The van der Waals surface area contributed by atoms with E-state index in [0.717, 1.165) is 20.9 Å². The van der Waals surface area contributed by atoms with Crippen molar-refractivity contribution in [3.05, 3.63) is 63.6 Å². The quantitative estimate of drug-likeness (QED) is 0.504. The minimum Gasteiger partial charge on any atom is -0.437 e. The van der Waals surface area contributed by atoms with Gasteiger partial charge in [-0.1, -0.05) is 45.7 Å². The van der Waals surface area contributed by atoms with Crippen LogP contribution in [0.2, 0.25) is 5.02 Å². The predicted molar refractivity (Wildman–Crippen MR) is 90.5 cm³/mol. The molecule has 106 valence electrons. The first-order chi connectivity index (χ1) is 10.2. The maximum absolute atomic E-state index is 6.16. The van der Waals surface area contributed by atoms with E-state index < -0.39 is 0 Å². The topological polar surface area (TPSA) is 22.1 Å². The van der Waals surface area contributed by atoms with Crippen molar-refractivity contribution in [2.45, 2.75) is 5.88 Å². The van der Waals surface area contributed by atoms with E-state index in [9.17, 15) is 0 Å². The Morgan fingerprint density at radius 1 is 1.10 bits per heavy atom. The third kappa shape index (κ3) is 3.15. The first kappa shape index (κ1) is 14.6. The second kappa shape index (κ2) is 6.22. The molecule has 1 heterocycles. The van der Waals surface area contributed by atoms with Crippen LogP contribution < -0.4 is 4.74 Å². The Hall–Kier alpha value is -1.29. The highest BCUT2D eigenvalue weighted by Gasteiger charge is 2.09. The zero-order valence-corrected chi connectivity index (χ0v) is 13.9. The number of aromatic nitrogens is 1. The number of rotatable bonds is 3. The van der Waals surface area contributed by atoms with Crippen LogP contribution in [0, 0.1) is 0 Å². The number of pyridine rings is 1. The van der Waals surface area contributed by atoms with Gasteiger partial charge in [-0.15, -0.1) is 11.6 Å². The number of benzene rings is 2. The average molecular weight is 383 g/mol. The molecule has 0 fully saturated rings. The Labute approximate surface area is 140 Å². The fourth-order valence-corrected chi connectivity index (χ4v) is 2.99. The van der Waals surface area contributed by atoms with E-state index in [1.807, 2.05) is 36.4 Å². The third-order valence-corrected chi connectivity index (χ3v) is 4.11. The Morgan fingerprint density at radius 2 is 1.90 bits per heavy atom. The summed E-state index contributed by atoms with van der Waals surface area (Å²) in [4.78, 5) is 4.49. The molecule has 0 bridgehead atoms. The molecule has 0 aliphatic rings. The molecule has 3 aromatic rings. The Kier molecular flexibility index (Phi) is 4.34. The van der Waals surface area contributed by atoms with Crippen molar-refractivity contribution in [1.82, 2.24) is 4.98 Å². The lowest BCUT2D eigenvalue weighted by atomic mass is 10.1. The van der Waals surface area contributed by atoms with Crippen LogP contribution in [-0.4, -0.2) is 4.98 Å². The molecule has 2 nitrogen and oxygen atoms in total. The van der Waals surface area contributed by atoms with Crippen LogP contribution in [0.5, 0.6) is 11.6 Å². The molecular weight excluding hydrogens is 373 g/mol. The highest BCUT2D eigenvalue weighted by Crippen LogP contribution is 2.32. The Bertz CT molecular complexity index is 807. The Balaban J connectivity index is 2.04. The zero-order chi connectivity index (χ0) is 14.8. The van der Waals surface area contributed by atoms with E-state index in [0.29, 0.717) is 22.5 Å². The Morgan fingerprint density at radius 3 is 2.67 bits per heavy atom. The van der Waals surface area contributed by atoms with Gasteiger partial charge in [-0.3, -0.25) is 0 Å². The molecule has 0 spiro atoms. The van der Waals surface area contributed by atoms with Crippen LogP contribution in [0.4, 0.5) is 0 Å². The van der Waals surface area contributed by atoms with E-state index in [1.165, 1.54) is 0 Å². The first-order valence-corrected chi connectivity index (χ1v) is 7.95. The van der Waals surface area contributed by atoms with E-state index in [-0.39, 0.29) is 0 Å². The molecule has 0 saturated carbocycles. The SMILES string of the molecule is ClCc1cc(Oc2ccc(Br)cc2Cl)nc2ccccc12. The molecule has 0 aliphatic carbocycles. The van der Waals surface area contributed by atoms with Crippen LogP contribution in [-0.2, 0) is 5.88 Å². The summed E-state index contributed by atoms with van der Waals surface area (Å²) in [5.74, 6) is 1.43. The largest absolute Gasteiger partial charge is 0.437 e. The molecule has 0 aliphatic heterocycles. The number of nitrogens with zero attached hydrogens (tertiary/aromatic N) is 1. The van der Waals surface area contributed by atoms with Gasteiger partial charge in [0.2, 0.25) is 5.88 Å². The lowest BCUT2D eigenvalue weighted by molar-refractivity contribution is 0.465.